The van der Waals surface area contributed by atoms with Crippen LogP contribution in [0.25, 0.3) is 0 Å². The number of aromatic nitrogens is 1. The smallest absolute Gasteiger partial charge is 0.216 e. The van der Waals surface area contributed by atoms with Crippen LogP contribution < -0.4 is 4.74 Å². The summed E-state index contributed by atoms with van der Waals surface area (Å²) in [5.41, 5.74) is 2.77. The minimum Gasteiger partial charge on any atom is -0.481 e. The average molecular weight is 177 g/mol. The highest BCUT2D eigenvalue weighted by atomic mass is 16.5. The Morgan fingerprint density at radius 3 is 2.92 bits per heavy atom. The van der Waals surface area contributed by atoms with Crippen molar-refractivity contribution in [3.05, 3.63) is 23.4 Å². The molecule has 1 aliphatic rings. The minimum absolute atomic E-state index is 0.833. The summed E-state index contributed by atoms with van der Waals surface area (Å²) < 4.78 is 5.26. The van der Waals surface area contributed by atoms with Gasteiger partial charge in [-0.25, -0.2) is 4.98 Å². The Labute approximate surface area is 78.9 Å². The lowest BCUT2D eigenvalue weighted by molar-refractivity contribution is 0.391. The SMILES string of the molecule is COc1nccc2c1CCCCC2. The number of ether oxygens (including phenoxy) is 1. The maximum Gasteiger partial charge on any atom is 0.216 e. The number of aryl methyl sites for hydroxylation is 1. The molecule has 70 valence electrons. The number of nitrogens with zero attached hydrogens (tertiary/aromatic N) is 1. The van der Waals surface area contributed by atoms with Crippen molar-refractivity contribution >= 4 is 0 Å². The molecule has 0 radical (unpaired) electrons. The van der Waals surface area contributed by atoms with Crippen LogP contribution in [0.1, 0.15) is 30.4 Å². The summed E-state index contributed by atoms with van der Waals surface area (Å²) in [5.74, 6) is 0.833. The molecule has 2 heteroatoms. The molecule has 1 aromatic rings. The second kappa shape index (κ2) is 3.77. The molecular weight excluding hydrogens is 162 g/mol. The van der Waals surface area contributed by atoms with Crippen molar-refractivity contribution < 1.29 is 4.74 Å². The van der Waals surface area contributed by atoms with E-state index in [1.165, 1.54) is 36.8 Å². The summed E-state index contributed by atoms with van der Waals surface area (Å²) in [6, 6.07) is 2.13. The van der Waals surface area contributed by atoms with Crippen molar-refractivity contribution in [3.8, 4) is 5.88 Å². The van der Waals surface area contributed by atoms with E-state index in [0.717, 1.165) is 12.3 Å². The fourth-order valence-electron chi connectivity index (χ4n) is 1.98. The summed E-state index contributed by atoms with van der Waals surface area (Å²) in [6.45, 7) is 0. The van der Waals surface area contributed by atoms with Gasteiger partial charge in [-0.05, 0) is 37.3 Å². The van der Waals surface area contributed by atoms with Gasteiger partial charge in [0.05, 0.1) is 7.11 Å². The molecule has 2 rings (SSSR count). The van der Waals surface area contributed by atoms with Crippen LogP contribution in [0.3, 0.4) is 0 Å². The standard InChI is InChI=1S/C11H15NO/c1-13-11-10-6-4-2-3-5-9(10)7-8-12-11/h7-8H,2-6H2,1H3. The maximum atomic E-state index is 5.26. The van der Waals surface area contributed by atoms with Crippen molar-refractivity contribution in [1.29, 1.82) is 0 Å². The summed E-state index contributed by atoms with van der Waals surface area (Å²) in [7, 11) is 1.70. The minimum atomic E-state index is 0.833. The monoisotopic (exact) mass is 177 g/mol. The van der Waals surface area contributed by atoms with E-state index >= 15 is 0 Å². The lowest BCUT2D eigenvalue weighted by Gasteiger charge is -2.08. The molecule has 0 saturated heterocycles. The van der Waals surface area contributed by atoms with Gasteiger partial charge in [0.1, 0.15) is 0 Å². The van der Waals surface area contributed by atoms with E-state index in [0.29, 0.717) is 0 Å². The number of hydrogen-bond donors (Lipinski definition) is 0. The molecule has 0 fully saturated rings. The Hall–Kier alpha value is -1.05. The highest BCUT2D eigenvalue weighted by Crippen LogP contribution is 2.26. The Morgan fingerprint density at radius 2 is 2.08 bits per heavy atom. The molecule has 0 amide bonds. The third kappa shape index (κ3) is 1.67. The molecule has 1 aromatic heterocycles. The second-order valence-electron chi connectivity index (χ2n) is 3.52. The first-order valence-corrected chi connectivity index (χ1v) is 4.92. The second-order valence-corrected chi connectivity index (χ2v) is 3.52. The lowest BCUT2D eigenvalue weighted by atomic mass is 10.1. The largest absolute Gasteiger partial charge is 0.481 e. The number of methoxy groups -OCH3 is 1. The van der Waals surface area contributed by atoms with Gasteiger partial charge in [-0.3, -0.25) is 0 Å². The van der Waals surface area contributed by atoms with Crippen molar-refractivity contribution in [2.45, 2.75) is 32.1 Å². The predicted molar refractivity (Wildman–Crippen MR) is 52.0 cm³/mol. The number of fused-ring (bicyclic) bond motifs is 1. The molecule has 0 atom stereocenters. The van der Waals surface area contributed by atoms with Crippen LogP contribution in [0.4, 0.5) is 0 Å². The Bertz CT molecular complexity index is 296. The molecular formula is C11H15NO. The summed E-state index contributed by atoms with van der Waals surface area (Å²) in [4.78, 5) is 4.23. The zero-order valence-corrected chi connectivity index (χ0v) is 8.05. The molecule has 1 aliphatic carbocycles. The Kier molecular flexibility index (Phi) is 2.48. The third-order valence-electron chi connectivity index (χ3n) is 2.68. The van der Waals surface area contributed by atoms with Crippen molar-refractivity contribution in [1.82, 2.24) is 4.98 Å². The van der Waals surface area contributed by atoms with Gasteiger partial charge in [0.25, 0.3) is 0 Å². The first-order valence-electron chi connectivity index (χ1n) is 4.92. The van der Waals surface area contributed by atoms with E-state index in [-0.39, 0.29) is 0 Å². The quantitative estimate of drug-likeness (QED) is 0.614. The maximum absolute atomic E-state index is 5.26. The van der Waals surface area contributed by atoms with Crippen molar-refractivity contribution in [2.24, 2.45) is 0 Å². The van der Waals surface area contributed by atoms with Crippen LogP contribution in [0.2, 0.25) is 0 Å². The highest BCUT2D eigenvalue weighted by Gasteiger charge is 2.12. The Morgan fingerprint density at radius 1 is 1.23 bits per heavy atom. The van der Waals surface area contributed by atoms with Gasteiger partial charge in [-0.1, -0.05) is 6.42 Å². The van der Waals surface area contributed by atoms with Gasteiger partial charge < -0.3 is 4.74 Å². The van der Waals surface area contributed by atoms with Gasteiger partial charge in [0.2, 0.25) is 5.88 Å². The van der Waals surface area contributed by atoms with E-state index in [4.69, 9.17) is 4.74 Å². The molecule has 0 unspecified atom stereocenters. The molecule has 2 nitrogen and oxygen atoms in total. The molecule has 0 bridgehead atoms. The van der Waals surface area contributed by atoms with Crippen LogP contribution in [-0.4, -0.2) is 12.1 Å². The molecule has 0 spiro atoms. The molecule has 13 heavy (non-hydrogen) atoms. The molecule has 0 aromatic carbocycles. The molecule has 0 aliphatic heterocycles. The molecule has 0 saturated carbocycles. The molecule has 1 heterocycles. The normalized spacial score (nSPS) is 16.1. The number of hydrogen-bond acceptors (Lipinski definition) is 2. The fraction of sp³-hybridized carbons (Fsp3) is 0.545. The van der Waals surface area contributed by atoms with E-state index < -0.39 is 0 Å². The fourth-order valence-corrected chi connectivity index (χ4v) is 1.98. The third-order valence-corrected chi connectivity index (χ3v) is 2.68. The predicted octanol–water partition coefficient (Wildman–Crippen LogP) is 2.36. The first-order chi connectivity index (χ1) is 6.42. The van der Waals surface area contributed by atoms with Crippen LogP contribution in [-0.2, 0) is 12.8 Å². The summed E-state index contributed by atoms with van der Waals surface area (Å²) >= 11 is 0. The van der Waals surface area contributed by atoms with Gasteiger partial charge in [-0.2, -0.15) is 0 Å². The van der Waals surface area contributed by atoms with Crippen LogP contribution >= 0.6 is 0 Å². The number of rotatable bonds is 1. The van der Waals surface area contributed by atoms with E-state index in [9.17, 15) is 0 Å². The van der Waals surface area contributed by atoms with E-state index in [1.807, 2.05) is 6.20 Å². The highest BCUT2D eigenvalue weighted by molar-refractivity contribution is 5.35. The van der Waals surface area contributed by atoms with E-state index in [2.05, 4.69) is 11.1 Å². The molecule has 0 N–H and O–H groups in total. The topological polar surface area (TPSA) is 22.1 Å². The summed E-state index contributed by atoms with van der Waals surface area (Å²) in [6.07, 6.45) is 8.08. The van der Waals surface area contributed by atoms with Crippen molar-refractivity contribution in [2.75, 3.05) is 7.11 Å². The lowest BCUT2D eigenvalue weighted by Crippen LogP contribution is -1.98. The van der Waals surface area contributed by atoms with Crippen LogP contribution in [0.5, 0.6) is 5.88 Å². The van der Waals surface area contributed by atoms with Gasteiger partial charge in [-0.15, -0.1) is 0 Å². The van der Waals surface area contributed by atoms with Crippen molar-refractivity contribution in [3.63, 3.8) is 0 Å². The zero-order chi connectivity index (χ0) is 9.10. The average Bonchev–Trinajstić information content (AvgIpc) is 2.41. The number of pyridine rings is 1. The first kappa shape index (κ1) is 8.54. The Balaban J connectivity index is 2.40. The summed E-state index contributed by atoms with van der Waals surface area (Å²) in [5, 5.41) is 0. The van der Waals surface area contributed by atoms with E-state index in [1.54, 1.807) is 7.11 Å². The zero-order valence-electron chi connectivity index (χ0n) is 8.05. The van der Waals surface area contributed by atoms with Gasteiger partial charge >= 0.3 is 0 Å². The van der Waals surface area contributed by atoms with Gasteiger partial charge in [0, 0.05) is 11.8 Å². The van der Waals surface area contributed by atoms with Crippen LogP contribution in [0, 0.1) is 0 Å². The van der Waals surface area contributed by atoms with Crippen LogP contribution in [0.15, 0.2) is 12.3 Å². The van der Waals surface area contributed by atoms with Gasteiger partial charge in [0.15, 0.2) is 0 Å².